The molecule has 0 aromatic heterocycles. The van der Waals surface area contributed by atoms with Crippen LogP contribution in [0.3, 0.4) is 0 Å². The van der Waals surface area contributed by atoms with E-state index in [1.54, 1.807) is 7.11 Å². The summed E-state index contributed by atoms with van der Waals surface area (Å²) in [7, 11) is 1.68. The molecule has 1 aliphatic rings. The molecular formula is C22H21NO2. The molecule has 3 aromatic carbocycles. The molecule has 1 saturated heterocycles. The Labute approximate surface area is 147 Å². The van der Waals surface area contributed by atoms with Crippen LogP contribution >= 0.6 is 0 Å². The van der Waals surface area contributed by atoms with Crippen LogP contribution in [0.5, 0.6) is 5.75 Å². The van der Waals surface area contributed by atoms with Gasteiger partial charge in [0.15, 0.2) is 0 Å². The number of methoxy groups -OCH3 is 1. The highest BCUT2D eigenvalue weighted by Crippen LogP contribution is 2.30. The largest absolute Gasteiger partial charge is 0.497 e. The van der Waals surface area contributed by atoms with Crippen LogP contribution in [0.15, 0.2) is 66.7 Å². The van der Waals surface area contributed by atoms with Gasteiger partial charge in [-0.1, -0.05) is 48.5 Å². The minimum Gasteiger partial charge on any atom is -0.497 e. The van der Waals surface area contributed by atoms with Gasteiger partial charge < -0.3 is 9.64 Å². The molecule has 0 spiro atoms. The van der Waals surface area contributed by atoms with Gasteiger partial charge in [0.2, 0.25) is 0 Å². The quantitative estimate of drug-likeness (QED) is 0.708. The molecule has 1 unspecified atom stereocenters. The lowest BCUT2D eigenvalue weighted by atomic mass is 9.98. The minimum atomic E-state index is 0.132. The number of rotatable bonds is 3. The zero-order valence-corrected chi connectivity index (χ0v) is 14.3. The lowest BCUT2D eigenvalue weighted by Gasteiger charge is -2.18. The highest BCUT2D eigenvalue weighted by atomic mass is 16.5. The van der Waals surface area contributed by atoms with Gasteiger partial charge in [0, 0.05) is 24.6 Å². The first-order valence-electron chi connectivity index (χ1n) is 8.67. The van der Waals surface area contributed by atoms with Crippen LogP contribution in [-0.2, 0) is 0 Å². The van der Waals surface area contributed by atoms with E-state index in [0.717, 1.165) is 41.6 Å². The summed E-state index contributed by atoms with van der Waals surface area (Å²) in [5.74, 6) is 1.39. The molecule has 1 fully saturated rings. The second kappa shape index (κ2) is 6.60. The number of hydrogen-bond acceptors (Lipinski definition) is 2. The molecule has 4 rings (SSSR count). The Morgan fingerprint density at radius 1 is 1.00 bits per heavy atom. The van der Waals surface area contributed by atoms with E-state index < -0.39 is 0 Å². The highest BCUT2D eigenvalue weighted by molar-refractivity contribution is 6.07. The van der Waals surface area contributed by atoms with E-state index in [2.05, 4.69) is 24.3 Å². The molecule has 3 nitrogen and oxygen atoms in total. The first kappa shape index (κ1) is 15.7. The number of nitrogens with zero attached hydrogens (tertiary/aromatic N) is 1. The highest BCUT2D eigenvalue weighted by Gasteiger charge is 2.28. The Hall–Kier alpha value is -2.81. The van der Waals surface area contributed by atoms with Gasteiger partial charge in [0.1, 0.15) is 5.75 Å². The normalized spacial score (nSPS) is 17.0. The molecule has 25 heavy (non-hydrogen) atoms. The SMILES string of the molecule is COc1ccc(C2CCN(C(=O)c3cccc4ccccc34)C2)cc1. The number of ether oxygens (including phenoxy) is 1. The Bertz CT molecular complexity index is 896. The molecular weight excluding hydrogens is 310 g/mol. The van der Waals surface area contributed by atoms with Crippen molar-refractivity contribution < 1.29 is 9.53 Å². The van der Waals surface area contributed by atoms with E-state index in [-0.39, 0.29) is 5.91 Å². The molecule has 0 saturated carbocycles. The average molecular weight is 331 g/mol. The summed E-state index contributed by atoms with van der Waals surface area (Å²) in [6, 6.07) is 22.2. The van der Waals surface area contributed by atoms with Gasteiger partial charge >= 0.3 is 0 Å². The van der Waals surface area contributed by atoms with Crippen LogP contribution in [0.2, 0.25) is 0 Å². The molecule has 1 heterocycles. The molecule has 3 heteroatoms. The number of hydrogen-bond donors (Lipinski definition) is 0. The summed E-state index contributed by atoms with van der Waals surface area (Å²) >= 11 is 0. The number of likely N-dealkylation sites (tertiary alicyclic amines) is 1. The van der Waals surface area contributed by atoms with Gasteiger partial charge in [-0.3, -0.25) is 4.79 Å². The van der Waals surface area contributed by atoms with Crippen LogP contribution in [0, 0.1) is 0 Å². The number of carbonyl (C=O) groups is 1. The predicted octanol–water partition coefficient (Wildman–Crippen LogP) is 4.48. The fourth-order valence-electron chi connectivity index (χ4n) is 3.68. The number of carbonyl (C=O) groups excluding carboxylic acids is 1. The molecule has 0 bridgehead atoms. The van der Waals surface area contributed by atoms with Gasteiger partial charge in [-0.15, -0.1) is 0 Å². The van der Waals surface area contributed by atoms with E-state index in [4.69, 9.17) is 4.74 Å². The summed E-state index contributed by atoms with van der Waals surface area (Å²) in [6.45, 7) is 1.58. The van der Waals surface area contributed by atoms with E-state index in [1.165, 1.54) is 5.56 Å². The zero-order valence-electron chi connectivity index (χ0n) is 14.3. The fraction of sp³-hybridized carbons (Fsp3) is 0.227. The maximum Gasteiger partial charge on any atom is 0.254 e. The van der Waals surface area contributed by atoms with Crippen molar-refractivity contribution in [3.8, 4) is 5.75 Å². The zero-order chi connectivity index (χ0) is 17.2. The third-order valence-corrected chi connectivity index (χ3v) is 5.08. The van der Waals surface area contributed by atoms with E-state index in [0.29, 0.717) is 5.92 Å². The number of fused-ring (bicyclic) bond motifs is 1. The summed E-state index contributed by atoms with van der Waals surface area (Å²) < 4.78 is 5.23. The van der Waals surface area contributed by atoms with Crippen LogP contribution in [0.4, 0.5) is 0 Å². The van der Waals surface area contributed by atoms with Crippen molar-refractivity contribution in [2.45, 2.75) is 12.3 Å². The third kappa shape index (κ3) is 2.98. The second-order valence-corrected chi connectivity index (χ2v) is 6.54. The summed E-state index contributed by atoms with van der Waals surface area (Å²) in [6.07, 6.45) is 1.00. The molecule has 3 aromatic rings. The molecule has 126 valence electrons. The van der Waals surface area contributed by atoms with Crippen molar-refractivity contribution in [3.63, 3.8) is 0 Å². The average Bonchev–Trinajstić information content (AvgIpc) is 3.17. The van der Waals surface area contributed by atoms with Crippen molar-refractivity contribution in [1.82, 2.24) is 4.90 Å². The van der Waals surface area contributed by atoms with Crippen molar-refractivity contribution >= 4 is 16.7 Å². The Morgan fingerprint density at radius 2 is 1.76 bits per heavy atom. The fourth-order valence-corrected chi connectivity index (χ4v) is 3.68. The Morgan fingerprint density at radius 3 is 2.56 bits per heavy atom. The molecule has 1 amide bonds. The van der Waals surface area contributed by atoms with Gasteiger partial charge in [-0.05, 0) is 41.0 Å². The van der Waals surface area contributed by atoms with Crippen LogP contribution in [0.25, 0.3) is 10.8 Å². The van der Waals surface area contributed by atoms with E-state index in [9.17, 15) is 4.79 Å². The van der Waals surface area contributed by atoms with Crippen molar-refractivity contribution in [1.29, 1.82) is 0 Å². The van der Waals surface area contributed by atoms with Gasteiger partial charge in [-0.25, -0.2) is 0 Å². The minimum absolute atomic E-state index is 0.132. The van der Waals surface area contributed by atoms with Gasteiger partial charge in [0.05, 0.1) is 7.11 Å². The lowest BCUT2D eigenvalue weighted by Crippen LogP contribution is -2.28. The van der Waals surface area contributed by atoms with Crippen molar-refractivity contribution in [3.05, 3.63) is 77.9 Å². The maximum atomic E-state index is 13.0. The molecule has 1 atom stereocenters. The Balaban J connectivity index is 1.55. The smallest absolute Gasteiger partial charge is 0.254 e. The molecule has 1 aliphatic heterocycles. The van der Waals surface area contributed by atoms with Crippen LogP contribution in [-0.4, -0.2) is 31.0 Å². The third-order valence-electron chi connectivity index (χ3n) is 5.08. The lowest BCUT2D eigenvalue weighted by molar-refractivity contribution is 0.0792. The van der Waals surface area contributed by atoms with Crippen molar-refractivity contribution in [2.75, 3.05) is 20.2 Å². The first-order valence-corrected chi connectivity index (χ1v) is 8.67. The van der Waals surface area contributed by atoms with Crippen LogP contribution < -0.4 is 4.74 Å². The second-order valence-electron chi connectivity index (χ2n) is 6.54. The summed E-state index contributed by atoms with van der Waals surface area (Å²) in [4.78, 5) is 15.0. The van der Waals surface area contributed by atoms with Crippen LogP contribution in [0.1, 0.15) is 28.3 Å². The van der Waals surface area contributed by atoms with E-state index >= 15 is 0 Å². The maximum absolute atomic E-state index is 13.0. The topological polar surface area (TPSA) is 29.5 Å². The van der Waals surface area contributed by atoms with Gasteiger partial charge in [-0.2, -0.15) is 0 Å². The van der Waals surface area contributed by atoms with E-state index in [1.807, 2.05) is 47.4 Å². The molecule has 0 radical (unpaired) electrons. The first-order chi connectivity index (χ1) is 12.3. The van der Waals surface area contributed by atoms with Gasteiger partial charge in [0.25, 0.3) is 5.91 Å². The predicted molar refractivity (Wildman–Crippen MR) is 100 cm³/mol. The molecule has 0 N–H and O–H groups in total. The number of amides is 1. The van der Waals surface area contributed by atoms with Crippen molar-refractivity contribution in [2.24, 2.45) is 0 Å². The Kier molecular flexibility index (Phi) is 4.14. The monoisotopic (exact) mass is 331 g/mol. The molecule has 0 aliphatic carbocycles. The summed E-state index contributed by atoms with van der Waals surface area (Å²) in [5, 5.41) is 2.14. The standard InChI is InChI=1S/C22H21NO2/c1-25-19-11-9-16(10-12-19)18-13-14-23(15-18)22(24)21-8-4-6-17-5-2-3-7-20(17)21/h2-12,18H,13-15H2,1H3. The summed E-state index contributed by atoms with van der Waals surface area (Å²) in [5.41, 5.74) is 2.07. The number of benzene rings is 3.